The third-order valence-electron chi connectivity index (χ3n) is 5.72. The molecule has 4 rings (SSSR count). The summed E-state index contributed by atoms with van der Waals surface area (Å²) in [5.41, 5.74) is 0. The summed E-state index contributed by atoms with van der Waals surface area (Å²) in [4.78, 5) is 2.11. The molecule has 0 amide bonds. The summed E-state index contributed by atoms with van der Waals surface area (Å²) in [6.07, 6.45) is 5.27. The zero-order chi connectivity index (χ0) is 17.6. The van der Waals surface area contributed by atoms with Crippen molar-refractivity contribution in [2.45, 2.75) is 35.9 Å². The molecule has 1 saturated heterocycles. The minimum Gasteiger partial charge on any atom is -0.360 e. The highest BCUT2D eigenvalue weighted by atomic mass is 35.5. The first-order valence-electron chi connectivity index (χ1n) is 8.74. The minimum absolute atomic E-state index is 0.314. The molecule has 1 aromatic heterocycles. The lowest BCUT2D eigenvalue weighted by molar-refractivity contribution is 0.259. The molecule has 0 aromatic carbocycles. The number of hydrogen-bond acceptors (Lipinski definition) is 4. The van der Waals surface area contributed by atoms with E-state index in [0.717, 1.165) is 28.3 Å². The highest BCUT2D eigenvalue weighted by molar-refractivity contribution is 7.91. The van der Waals surface area contributed by atoms with Gasteiger partial charge >= 0.3 is 0 Å². The summed E-state index contributed by atoms with van der Waals surface area (Å²) in [5.74, 6) is 1.65. The second-order valence-corrected chi connectivity index (χ2v) is 11.4. The summed E-state index contributed by atoms with van der Waals surface area (Å²) >= 11 is 12.6. The van der Waals surface area contributed by atoms with Gasteiger partial charge in [-0.25, -0.2) is 8.42 Å². The van der Waals surface area contributed by atoms with Crippen LogP contribution in [-0.2, 0) is 10.0 Å². The Balaban J connectivity index is 1.33. The molecule has 2 saturated carbocycles. The predicted octanol–water partition coefficient (Wildman–Crippen LogP) is 2.77. The largest absolute Gasteiger partial charge is 0.360 e. The fraction of sp³-hybridized carbons (Fsp3) is 0.688. The van der Waals surface area contributed by atoms with Crippen LogP contribution in [0.2, 0.25) is 4.34 Å². The van der Waals surface area contributed by atoms with E-state index >= 15 is 0 Å². The van der Waals surface area contributed by atoms with E-state index in [1.165, 1.54) is 30.0 Å². The molecule has 1 aromatic rings. The third kappa shape index (κ3) is 3.56. The van der Waals surface area contributed by atoms with Gasteiger partial charge in [-0.05, 0) is 55.4 Å². The monoisotopic (exact) mass is 419 g/mol. The van der Waals surface area contributed by atoms with Gasteiger partial charge in [0.2, 0.25) is 0 Å². The van der Waals surface area contributed by atoms with Crippen molar-refractivity contribution in [1.82, 2.24) is 14.5 Å². The van der Waals surface area contributed by atoms with Gasteiger partial charge < -0.3 is 10.2 Å². The van der Waals surface area contributed by atoms with Crippen molar-refractivity contribution in [3.05, 3.63) is 16.5 Å². The van der Waals surface area contributed by atoms with Crippen LogP contribution in [0, 0.1) is 11.8 Å². The Labute approximate surface area is 163 Å². The van der Waals surface area contributed by atoms with Crippen LogP contribution in [-0.4, -0.2) is 55.0 Å². The number of thiocarbonyl (C=S) groups is 1. The quantitative estimate of drug-likeness (QED) is 0.763. The standard InChI is InChI=1S/C16H22ClN3O2S3/c17-14-3-4-15(24-14)25(21,22)20-7-5-19(6-8-20)16(23)18-13-10-11-1-2-12(13)9-11/h3-4,11-13H,1-2,5-10H2,(H,18,23)/t11-,12-,13-/m1/s1. The van der Waals surface area contributed by atoms with Gasteiger partial charge in [0.1, 0.15) is 4.21 Å². The van der Waals surface area contributed by atoms with Crippen LogP contribution >= 0.6 is 35.2 Å². The molecule has 1 aliphatic heterocycles. The molecule has 2 aliphatic carbocycles. The third-order valence-corrected chi connectivity index (χ3v) is 9.69. The molecule has 3 fully saturated rings. The highest BCUT2D eigenvalue weighted by Crippen LogP contribution is 2.44. The number of nitrogens with zero attached hydrogens (tertiary/aromatic N) is 2. The maximum Gasteiger partial charge on any atom is 0.252 e. The molecule has 9 heteroatoms. The molecule has 1 N–H and O–H groups in total. The fourth-order valence-corrected chi connectivity index (χ4v) is 7.76. The van der Waals surface area contributed by atoms with Crippen LogP contribution in [0.4, 0.5) is 0 Å². The van der Waals surface area contributed by atoms with Gasteiger partial charge in [-0.2, -0.15) is 4.31 Å². The Morgan fingerprint density at radius 3 is 2.52 bits per heavy atom. The predicted molar refractivity (Wildman–Crippen MR) is 105 cm³/mol. The molecule has 5 nitrogen and oxygen atoms in total. The summed E-state index contributed by atoms with van der Waals surface area (Å²) in [5, 5.41) is 4.33. The molecular formula is C16H22ClN3O2S3. The summed E-state index contributed by atoms with van der Waals surface area (Å²) in [7, 11) is -3.44. The molecule has 0 unspecified atom stereocenters. The fourth-order valence-electron chi connectivity index (χ4n) is 4.37. The Bertz CT molecular complexity index is 758. The molecule has 3 aliphatic rings. The number of rotatable bonds is 3. The molecule has 25 heavy (non-hydrogen) atoms. The zero-order valence-electron chi connectivity index (χ0n) is 13.9. The second-order valence-electron chi connectivity index (χ2n) is 7.18. The van der Waals surface area contributed by atoms with E-state index in [4.69, 9.17) is 23.8 Å². The van der Waals surface area contributed by atoms with E-state index in [-0.39, 0.29) is 0 Å². The first kappa shape index (κ1) is 18.0. The number of piperazine rings is 1. The van der Waals surface area contributed by atoms with E-state index < -0.39 is 10.0 Å². The Hall–Kier alpha value is -0.410. The van der Waals surface area contributed by atoms with Gasteiger partial charge in [0.05, 0.1) is 4.34 Å². The Morgan fingerprint density at radius 2 is 1.96 bits per heavy atom. The van der Waals surface area contributed by atoms with Gasteiger partial charge in [-0.3, -0.25) is 0 Å². The Morgan fingerprint density at radius 1 is 1.20 bits per heavy atom. The zero-order valence-corrected chi connectivity index (χ0v) is 17.1. The van der Waals surface area contributed by atoms with Crippen LogP contribution in [0.15, 0.2) is 16.3 Å². The second kappa shape index (κ2) is 6.96. The van der Waals surface area contributed by atoms with Gasteiger partial charge in [-0.1, -0.05) is 18.0 Å². The summed E-state index contributed by atoms with van der Waals surface area (Å²) < 4.78 is 27.6. The number of halogens is 1. The van der Waals surface area contributed by atoms with Gasteiger partial charge in [0.25, 0.3) is 10.0 Å². The van der Waals surface area contributed by atoms with Gasteiger partial charge in [0, 0.05) is 32.2 Å². The lowest BCUT2D eigenvalue weighted by atomic mass is 9.95. The smallest absolute Gasteiger partial charge is 0.252 e. The first-order chi connectivity index (χ1) is 11.9. The van der Waals surface area contributed by atoms with E-state index in [9.17, 15) is 8.42 Å². The van der Waals surface area contributed by atoms with Crippen LogP contribution in [0.25, 0.3) is 0 Å². The molecule has 0 spiro atoms. The van der Waals surface area contributed by atoms with E-state index in [2.05, 4.69) is 10.2 Å². The van der Waals surface area contributed by atoms with Crippen LogP contribution in [0.3, 0.4) is 0 Å². The van der Waals surface area contributed by atoms with Crippen molar-refractivity contribution in [2.75, 3.05) is 26.2 Å². The van der Waals surface area contributed by atoms with Crippen molar-refractivity contribution in [3.8, 4) is 0 Å². The average Bonchev–Trinajstić information content (AvgIpc) is 3.32. The lowest BCUT2D eigenvalue weighted by Crippen LogP contribution is -2.54. The maximum absolute atomic E-state index is 12.7. The topological polar surface area (TPSA) is 52.7 Å². The molecule has 2 bridgehead atoms. The summed E-state index contributed by atoms with van der Waals surface area (Å²) in [6.45, 7) is 2.17. The van der Waals surface area contributed by atoms with Crippen molar-refractivity contribution >= 4 is 50.3 Å². The number of sulfonamides is 1. The minimum atomic E-state index is -3.44. The van der Waals surface area contributed by atoms with Crippen molar-refractivity contribution in [3.63, 3.8) is 0 Å². The van der Waals surface area contributed by atoms with E-state index in [0.29, 0.717) is 40.8 Å². The molecule has 0 radical (unpaired) electrons. The van der Waals surface area contributed by atoms with Crippen molar-refractivity contribution in [1.29, 1.82) is 0 Å². The molecule has 138 valence electrons. The van der Waals surface area contributed by atoms with Crippen molar-refractivity contribution < 1.29 is 8.42 Å². The van der Waals surface area contributed by atoms with Crippen LogP contribution in [0.1, 0.15) is 25.7 Å². The number of thiophene rings is 1. The number of fused-ring (bicyclic) bond motifs is 2. The summed E-state index contributed by atoms with van der Waals surface area (Å²) in [6, 6.07) is 3.72. The van der Waals surface area contributed by atoms with Gasteiger partial charge in [-0.15, -0.1) is 11.3 Å². The average molecular weight is 420 g/mol. The van der Waals surface area contributed by atoms with Gasteiger partial charge in [0.15, 0.2) is 5.11 Å². The SMILES string of the molecule is O=S(=O)(c1ccc(Cl)s1)N1CCN(C(=S)N[C@@H]2C[C@@H]3CC[C@@H]2C3)CC1. The Kier molecular flexibility index (Phi) is 5.00. The van der Waals surface area contributed by atoms with Crippen LogP contribution in [0.5, 0.6) is 0 Å². The number of nitrogens with one attached hydrogen (secondary N) is 1. The molecular weight excluding hydrogens is 398 g/mol. The lowest BCUT2D eigenvalue weighted by Gasteiger charge is -2.37. The molecule has 2 heterocycles. The van der Waals surface area contributed by atoms with Crippen LogP contribution < -0.4 is 5.32 Å². The maximum atomic E-state index is 12.7. The van der Waals surface area contributed by atoms with E-state index in [1.54, 1.807) is 12.1 Å². The molecule has 3 atom stereocenters. The first-order valence-corrected chi connectivity index (χ1v) is 11.8. The highest BCUT2D eigenvalue weighted by Gasteiger charge is 2.40. The number of hydrogen-bond donors (Lipinski definition) is 1. The normalized spacial score (nSPS) is 30.0. The van der Waals surface area contributed by atoms with Crippen molar-refractivity contribution in [2.24, 2.45) is 11.8 Å². The van der Waals surface area contributed by atoms with E-state index in [1.807, 2.05) is 0 Å².